The number of aliphatic hydroxyl groups is 1. The quantitative estimate of drug-likeness (QED) is 0.907. The summed E-state index contributed by atoms with van der Waals surface area (Å²) in [6.45, 7) is 2.39. The van der Waals surface area contributed by atoms with Crippen molar-refractivity contribution < 1.29 is 5.11 Å². The van der Waals surface area contributed by atoms with Crippen LogP contribution >= 0.6 is 0 Å². The molecule has 0 amide bonds. The molecule has 2 unspecified atom stereocenters. The first-order valence-corrected chi connectivity index (χ1v) is 8.51. The van der Waals surface area contributed by atoms with Gasteiger partial charge in [0.2, 0.25) is 0 Å². The summed E-state index contributed by atoms with van der Waals surface area (Å²) in [6.07, 6.45) is 11.5. The van der Waals surface area contributed by atoms with Gasteiger partial charge in [-0.1, -0.05) is 12.8 Å². The van der Waals surface area contributed by atoms with Gasteiger partial charge in [0.25, 0.3) is 0 Å². The highest BCUT2D eigenvalue weighted by atomic mass is 16.3. The molecule has 114 valence electrons. The molecule has 4 nitrogen and oxygen atoms in total. The summed E-state index contributed by atoms with van der Waals surface area (Å²) in [7, 11) is 0. The van der Waals surface area contributed by atoms with Gasteiger partial charge in [0.15, 0.2) is 0 Å². The monoisotopic (exact) mass is 287 g/mol. The molecule has 1 aromatic rings. The van der Waals surface area contributed by atoms with E-state index < -0.39 is 0 Å². The number of aryl methyl sites for hydroxylation is 1. The molecule has 21 heavy (non-hydrogen) atoms. The maximum absolute atomic E-state index is 10.00. The van der Waals surface area contributed by atoms with E-state index >= 15 is 0 Å². The van der Waals surface area contributed by atoms with Crippen molar-refractivity contribution in [2.75, 3.05) is 24.6 Å². The van der Waals surface area contributed by atoms with Crippen LogP contribution in [0.1, 0.15) is 49.8 Å². The van der Waals surface area contributed by atoms with E-state index in [0.717, 1.165) is 25.9 Å². The highest BCUT2D eigenvalue weighted by Crippen LogP contribution is 2.47. The number of nitrogens with zero attached hydrogens (tertiary/aromatic N) is 3. The Morgan fingerprint density at radius 2 is 2.10 bits per heavy atom. The van der Waals surface area contributed by atoms with Crippen molar-refractivity contribution in [3.8, 4) is 0 Å². The van der Waals surface area contributed by atoms with E-state index in [2.05, 4.69) is 14.9 Å². The summed E-state index contributed by atoms with van der Waals surface area (Å²) in [5.74, 6) is 1.81. The Labute approximate surface area is 126 Å². The minimum absolute atomic E-state index is 0.130. The summed E-state index contributed by atoms with van der Waals surface area (Å²) in [5, 5.41) is 10.00. The molecule has 1 aromatic heterocycles. The Morgan fingerprint density at radius 3 is 2.95 bits per heavy atom. The van der Waals surface area contributed by atoms with Crippen molar-refractivity contribution in [2.45, 2.75) is 51.4 Å². The fraction of sp³-hybridized carbons (Fsp3) is 0.765. The smallest absolute Gasteiger partial charge is 0.135 e. The van der Waals surface area contributed by atoms with E-state index in [1.165, 1.54) is 55.6 Å². The maximum Gasteiger partial charge on any atom is 0.135 e. The lowest BCUT2D eigenvalue weighted by Crippen LogP contribution is -2.37. The Hall–Kier alpha value is -1.16. The van der Waals surface area contributed by atoms with Crippen LogP contribution in [0.25, 0.3) is 0 Å². The molecule has 2 heterocycles. The van der Waals surface area contributed by atoms with Gasteiger partial charge in [-0.25, -0.2) is 9.97 Å². The Bertz CT molecular complexity index is 533. The third-order valence-electron chi connectivity index (χ3n) is 6.01. The van der Waals surface area contributed by atoms with Crippen molar-refractivity contribution in [2.24, 2.45) is 11.3 Å². The van der Waals surface area contributed by atoms with Gasteiger partial charge in [0.05, 0.1) is 6.61 Å². The van der Waals surface area contributed by atoms with Crippen LogP contribution in [0.4, 0.5) is 5.82 Å². The predicted octanol–water partition coefficient (Wildman–Crippen LogP) is 2.34. The van der Waals surface area contributed by atoms with Crippen LogP contribution in [0.5, 0.6) is 0 Å². The summed E-state index contributed by atoms with van der Waals surface area (Å²) in [5.41, 5.74) is 2.78. The van der Waals surface area contributed by atoms with Crippen molar-refractivity contribution in [3.05, 3.63) is 17.6 Å². The molecule has 4 heteroatoms. The van der Waals surface area contributed by atoms with Gasteiger partial charge in [-0.3, -0.25) is 0 Å². The topological polar surface area (TPSA) is 49.2 Å². The average Bonchev–Trinajstić information content (AvgIpc) is 2.94. The van der Waals surface area contributed by atoms with E-state index in [9.17, 15) is 5.11 Å². The summed E-state index contributed by atoms with van der Waals surface area (Å²) in [4.78, 5) is 11.6. The molecule has 0 radical (unpaired) electrons. The lowest BCUT2D eigenvalue weighted by Gasteiger charge is -2.36. The number of hydrogen-bond donors (Lipinski definition) is 1. The van der Waals surface area contributed by atoms with Gasteiger partial charge >= 0.3 is 0 Å². The maximum atomic E-state index is 10.00. The second-order valence-electron chi connectivity index (χ2n) is 7.17. The standard InChI is InChI=1S/C17H25N3O/c21-11-17-8-4-3-5-13(17)9-20(10-17)16-14-6-1-2-7-15(14)18-12-19-16/h12-13,21H,1-11H2. The first-order chi connectivity index (χ1) is 10.3. The molecule has 2 aliphatic carbocycles. The zero-order valence-electron chi connectivity index (χ0n) is 12.7. The second-order valence-corrected chi connectivity index (χ2v) is 7.17. The molecular weight excluding hydrogens is 262 g/mol. The predicted molar refractivity (Wildman–Crippen MR) is 82.4 cm³/mol. The molecular formula is C17H25N3O. The van der Waals surface area contributed by atoms with Crippen LogP contribution in [0.2, 0.25) is 0 Å². The summed E-state index contributed by atoms with van der Waals surface area (Å²) in [6, 6.07) is 0. The SMILES string of the molecule is OCC12CCCCC1CN(c1ncnc3c1CCCC3)C2. The van der Waals surface area contributed by atoms with Gasteiger partial charge in [0, 0.05) is 29.8 Å². The van der Waals surface area contributed by atoms with Crippen molar-refractivity contribution in [1.29, 1.82) is 0 Å². The van der Waals surface area contributed by atoms with Gasteiger partial charge in [0.1, 0.15) is 12.1 Å². The van der Waals surface area contributed by atoms with Crippen molar-refractivity contribution in [1.82, 2.24) is 9.97 Å². The number of aliphatic hydroxyl groups excluding tert-OH is 1. The van der Waals surface area contributed by atoms with Gasteiger partial charge in [-0.2, -0.15) is 0 Å². The van der Waals surface area contributed by atoms with Crippen LogP contribution in [-0.2, 0) is 12.8 Å². The Morgan fingerprint density at radius 1 is 1.19 bits per heavy atom. The summed E-state index contributed by atoms with van der Waals surface area (Å²) < 4.78 is 0. The molecule has 4 rings (SSSR count). The van der Waals surface area contributed by atoms with Gasteiger partial charge < -0.3 is 10.0 Å². The number of rotatable bonds is 2. The van der Waals surface area contributed by atoms with E-state index in [1.807, 2.05) is 0 Å². The lowest BCUT2D eigenvalue weighted by molar-refractivity contribution is 0.0626. The highest BCUT2D eigenvalue weighted by molar-refractivity contribution is 5.51. The molecule has 0 spiro atoms. The highest BCUT2D eigenvalue weighted by Gasteiger charge is 2.48. The largest absolute Gasteiger partial charge is 0.396 e. The second kappa shape index (κ2) is 5.24. The molecule has 0 aromatic carbocycles. The van der Waals surface area contributed by atoms with Gasteiger partial charge in [-0.15, -0.1) is 0 Å². The van der Waals surface area contributed by atoms with Crippen molar-refractivity contribution in [3.63, 3.8) is 0 Å². The molecule has 2 atom stereocenters. The minimum Gasteiger partial charge on any atom is -0.396 e. The Kier molecular flexibility index (Phi) is 3.37. The first kappa shape index (κ1) is 13.5. The fourth-order valence-electron chi connectivity index (χ4n) is 4.78. The third kappa shape index (κ3) is 2.15. The molecule has 1 aliphatic heterocycles. The molecule has 1 saturated heterocycles. The van der Waals surface area contributed by atoms with E-state index in [-0.39, 0.29) is 5.41 Å². The average molecular weight is 287 g/mol. The third-order valence-corrected chi connectivity index (χ3v) is 6.01. The first-order valence-electron chi connectivity index (χ1n) is 8.51. The van der Waals surface area contributed by atoms with Crippen LogP contribution < -0.4 is 4.90 Å². The molecule has 1 N–H and O–H groups in total. The molecule has 3 aliphatic rings. The molecule has 0 bridgehead atoms. The van der Waals surface area contributed by atoms with Gasteiger partial charge in [-0.05, 0) is 44.4 Å². The lowest BCUT2D eigenvalue weighted by atomic mass is 9.69. The van der Waals surface area contributed by atoms with Crippen LogP contribution in [0.15, 0.2) is 6.33 Å². The van der Waals surface area contributed by atoms with E-state index in [4.69, 9.17) is 0 Å². The number of anilines is 1. The minimum atomic E-state index is 0.130. The zero-order valence-corrected chi connectivity index (χ0v) is 12.7. The van der Waals surface area contributed by atoms with E-state index in [0.29, 0.717) is 12.5 Å². The molecule has 2 fully saturated rings. The van der Waals surface area contributed by atoms with Crippen LogP contribution in [0.3, 0.4) is 0 Å². The Balaban J connectivity index is 1.66. The van der Waals surface area contributed by atoms with Crippen LogP contribution in [0, 0.1) is 11.3 Å². The number of fused-ring (bicyclic) bond motifs is 2. The normalized spacial score (nSPS) is 31.9. The number of aromatic nitrogens is 2. The zero-order chi connectivity index (χ0) is 14.3. The van der Waals surface area contributed by atoms with Crippen molar-refractivity contribution >= 4 is 5.82 Å². The fourth-order valence-corrected chi connectivity index (χ4v) is 4.78. The number of hydrogen-bond acceptors (Lipinski definition) is 4. The van der Waals surface area contributed by atoms with E-state index in [1.54, 1.807) is 6.33 Å². The molecule has 1 saturated carbocycles. The summed E-state index contributed by atoms with van der Waals surface area (Å²) >= 11 is 0. The van der Waals surface area contributed by atoms with Crippen LogP contribution in [-0.4, -0.2) is 34.8 Å².